The van der Waals surface area contributed by atoms with Crippen molar-refractivity contribution in [2.45, 2.75) is 25.3 Å². The molecule has 0 radical (unpaired) electrons. The lowest BCUT2D eigenvalue weighted by Crippen LogP contribution is -2.25. The molecule has 1 aromatic heterocycles. The number of imidazole rings is 1. The summed E-state index contributed by atoms with van der Waals surface area (Å²) in [6, 6.07) is 23.2. The number of ether oxygens (including phenoxy) is 2. The molecular formula is C27H26ClN3O3. The molecule has 3 aromatic carbocycles. The zero-order valence-corrected chi connectivity index (χ0v) is 19.7. The number of para-hydroxylation sites is 5. The number of hydrogen-bond donors (Lipinski definition) is 0. The van der Waals surface area contributed by atoms with Gasteiger partial charge >= 0.3 is 0 Å². The van der Waals surface area contributed by atoms with E-state index >= 15 is 0 Å². The van der Waals surface area contributed by atoms with Crippen molar-refractivity contribution < 1.29 is 14.3 Å². The lowest BCUT2D eigenvalue weighted by Gasteiger charge is -2.20. The van der Waals surface area contributed by atoms with Crippen LogP contribution in [0.1, 0.15) is 24.6 Å². The van der Waals surface area contributed by atoms with Gasteiger partial charge in [0.25, 0.3) is 0 Å². The Morgan fingerprint density at radius 3 is 2.56 bits per heavy atom. The Morgan fingerprint density at radius 2 is 1.74 bits per heavy atom. The number of hydrogen-bond acceptors (Lipinski definition) is 4. The lowest BCUT2D eigenvalue weighted by atomic mass is 10.1. The summed E-state index contributed by atoms with van der Waals surface area (Å²) >= 11 is 6.21. The van der Waals surface area contributed by atoms with Gasteiger partial charge in [0.15, 0.2) is 0 Å². The van der Waals surface area contributed by atoms with Gasteiger partial charge in [-0.2, -0.15) is 0 Å². The second-order valence-corrected chi connectivity index (χ2v) is 8.73. The summed E-state index contributed by atoms with van der Waals surface area (Å²) in [6.07, 6.45) is 1.20. The van der Waals surface area contributed by atoms with Gasteiger partial charge in [0.05, 0.1) is 35.5 Å². The zero-order chi connectivity index (χ0) is 23.5. The Hall–Kier alpha value is -3.51. The van der Waals surface area contributed by atoms with Crippen molar-refractivity contribution in [1.29, 1.82) is 0 Å². The molecular weight excluding hydrogens is 450 g/mol. The largest absolute Gasteiger partial charge is 0.495 e. The van der Waals surface area contributed by atoms with Crippen molar-refractivity contribution in [3.63, 3.8) is 0 Å². The molecule has 2 heterocycles. The van der Waals surface area contributed by atoms with Crippen LogP contribution in [0.3, 0.4) is 0 Å². The maximum Gasteiger partial charge on any atom is 0.227 e. The summed E-state index contributed by atoms with van der Waals surface area (Å²) in [5, 5.41) is 0.608. The molecule has 5 rings (SSSR count). The Labute approximate surface area is 203 Å². The van der Waals surface area contributed by atoms with E-state index in [9.17, 15) is 4.79 Å². The van der Waals surface area contributed by atoms with Crippen LogP contribution in [0.2, 0.25) is 5.02 Å². The fourth-order valence-corrected chi connectivity index (χ4v) is 4.76. The Morgan fingerprint density at radius 1 is 1.00 bits per heavy atom. The third kappa shape index (κ3) is 4.33. The van der Waals surface area contributed by atoms with Crippen molar-refractivity contribution in [1.82, 2.24) is 9.55 Å². The van der Waals surface area contributed by atoms with E-state index in [1.165, 1.54) is 0 Å². The van der Waals surface area contributed by atoms with Crippen molar-refractivity contribution in [2.75, 3.05) is 25.2 Å². The quantitative estimate of drug-likeness (QED) is 0.307. The zero-order valence-electron chi connectivity index (χ0n) is 19.0. The van der Waals surface area contributed by atoms with Crippen LogP contribution in [0, 0.1) is 0 Å². The highest BCUT2D eigenvalue weighted by molar-refractivity contribution is 6.32. The predicted molar refractivity (Wildman–Crippen MR) is 134 cm³/mol. The third-order valence-electron chi connectivity index (χ3n) is 6.17. The van der Waals surface area contributed by atoms with Gasteiger partial charge in [-0.25, -0.2) is 4.98 Å². The number of carbonyl (C=O) groups excluding carboxylic acids is 1. The molecule has 1 aliphatic heterocycles. The SMILES string of the molecule is COc1ccccc1N1CC(c2nc3ccccc3n2CCCOc2ccccc2Cl)CC1=O. The Balaban J connectivity index is 1.37. The van der Waals surface area contributed by atoms with Crippen LogP contribution < -0.4 is 14.4 Å². The molecule has 0 saturated carbocycles. The summed E-state index contributed by atoms with van der Waals surface area (Å²) in [5.74, 6) is 2.39. The molecule has 0 bridgehead atoms. The number of anilines is 1. The summed E-state index contributed by atoms with van der Waals surface area (Å²) in [7, 11) is 1.63. The first-order chi connectivity index (χ1) is 16.7. The van der Waals surface area contributed by atoms with E-state index in [2.05, 4.69) is 10.6 Å². The Bertz CT molecular complexity index is 1320. The van der Waals surface area contributed by atoms with Crippen molar-refractivity contribution in [3.8, 4) is 11.5 Å². The summed E-state index contributed by atoms with van der Waals surface area (Å²) in [5.41, 5.74) is 2.81. The summed E-state index contributed by atoms with van der Waals surface area (Å²) < 4.78 is 13.6. The minimum atomic E-state index is -0.00528. The van der Waals surface area contributed by atoms with E-state index in [1.54, 1.807) is 7.11 Å². The van der Waals surface area contributed by atoms with Crippen molar-refractivity contribution >= 4 is 34.2 Å². The Kier molecular flexibility index (Phi) is 6.41. The van der Waals surface area contributed by atoms with Crippen LogP contribution in [0.5, 0.6) is 11.5 Å². The smallest absolute Gasteiger partial charge is 0.227 e. The number of halogens is 1. The predicted octanol–water partition coefficient (Wildman–Crippen LogP) is 5.69. The van der Waals surface area contributed by atoms with Crippen LogP contribution in [0.15, 0.2) is 72.8 Å². The molecule has 0 N–H and O–H groups in total. The van der Waals surface area contributed by atoms with E-state index in [0.29, 0.717) is 36.1 Å². The van der Waals surface area contributed by atoms with E-state index in [-0.39, 0.29) is 11.8 Å². The van der Waals surface area contributed by atoms with Crippen LogP contribution >= 0.6 is 11.6 Å². The number of nitrogens with zero attached hydrogens (tertiary/aromatic N) is 3. The minimum Gasteiger partial charge on any atom is -0.495 e. The normalized spacial score (nSPS) is 15.8. The van der Waals surface area contributed by atoms with Gasteiger partial charge in [0, 0.05) is 25.4 Å². The number of aryl methyl sites for hydroxylation is 1. The van der Waals surface area contributed by atoms with Gasteiger partial charge in [-0.1, -0.05) is 48.0 Å². The van der Waals surface area contributed by atoms with Gasteiger partial charge in [-0.15, -0.1) is 0 Å². The average Bonchev–Trinajstić information content (AvgIpc) is 3.43. The van der Waals surface area contributed by atoms with Gasteiger partial charge in [-0.3, -0.25) is 4.79 Å². The first-order valence-electron chi connectivity index (χ1n) is 11.4. The molecule has 6 nitrogen and oxygen atoms in total. The van der Waals surface area contributed by atoms with Crippen LogP contribution in [-0.4, -0.2) is 35.7 Å². The molecule has 1 atom stereocenters. The topological polar surface area (TPSA) is 56.6 Å². The highest BCUT2D eigenvalue weighted by atomic mass is 35.5. The number of benzene rings is 3. The number of methoxy groups -OCH3 is 1. The average molecular weight is 476 g/mol. The fraction of sp³-hybridized carbons (Fsp3) is 0.259. The molecule has 1 saturated heterocycles. The monoisotopic (exact) mass is 475 g/mol. The molecule has 1 aliphatic rings. The number of fused-ring (bicyclic) bond motifs is 1. The maximum absolute atomic E-state index is 13.0. The number of carbonyl (C=O) groups is 1. The van der Waals surface area contributed by atoms with Gasteiger partial charge in [0.1, 0.15) is 17.3 Å². The van der Waals surface area contributed by atoms with Crippen LogP contribution in [0.25, 0.3) is 11.0 Å². The first kappa shape index (κ1) is 22.3. The molecule has 0 spiro atoms. The fourth-order valence-electron chi connectivity index (χ4n) is 4.57. The lowest BCUT2D eigenvalue weighted by molar-refractivity contribution is -0.117. The van der Waals surface area contributed by atoms with E-state index in [0.717, 1.165) is 35.5 Å². The molecule has 1 unspecified atom stereocenters. The van der Waals surface area contributed by atoms with Crippen LogP contribution in [-0.2, 0) is 11.3 Å². The third-order valence-corrected chi connectivity index (χ3v) is 6.48. The number of amides is 1. The number of aromatic nitrogens is 2. The van der Waals surface area contributed by atoms with Gasteiger partial charge < -0.3 is 18.9 Å². The second kappa shape index (κ2) is 9.77. The van der Waals surface area contributed by atoms with Crippen LogP contribution in [0.4, 0.5) is 5.69 Å². The highest BCUT2D eigenvalue weighted by Gasteiger charge is 2.35. The van der Waals surface area contributed by atoms with Crippen molar-refractivity contribution in [3.05, 3.63) is 83.6 Å². The molecule has 1 amide bonds. The standard InChI is InChI=1S/C27H26ClN3O3/c1-33-25-14-7-5-12-23(25)31-18-19(17-26(31)32)27-29-21-10-3-4-11-22(21)30(27)15-8-16-34-24-13-6-2-9-20(24)28/h2-7,9-14,19H,8,15-18H2,1H3. The number of rotatable bonds is 8. The maximum atomic E-state index is 13.0. The first-order valence-corrected chi connectivity index (χ1v) is 11.8. The van der Waals surface area contributed by atoms with Crippen molar-refractivity contribution in [2.24, 2.45) is 0 Å². The molecule has 7 heteroatoms. The van der Waals surface area contributed by atoms with E-state index in [4.69, 9.17) is 26.1 Å². The summed E-state index contributed by atoms with van der Waals surface area (Å²) in [6.45, 7) is 1.84. The molecule has 34 heavy (non-hydrogen) atoms. The summed E-state index contributed by atoms with van der Waals surface area (Å²) in [4.78, 5) is 19.8. The van der Waals surface area contributed by atoms with E-state index in [1.807, 2.05) is 71.6 Å². The second-order valence-electron chi connectivity index (χ2n) is 8.32. The highest BCUT2D eigenvalue weighted by Crippen LogP contribution is 2.37. The molecule has 1 fully saturated rings. The molecule has 4 aromatic rings. The molecule has 174 valence electrons. The minimum absolute atomic E-state index is 0.00528. The molecule has 0 aliphatic carbocycles. The van der Waals surface area contributed by atoms with Gasteiger partial charge in [0.2, 0.25) is 5.91 Å². The van der Waals surface area contributed by atoms with Gasteiger partial charge in [-0.05, 0) is 42.8 Å². The van der Waals surface area contributed by atoms with E-state index < -0.39 is 0 Å².